The number of carbonyl (C=O) groups is 2. The minimum Gasteiger partial charge on any atom is -0.512 e. The number of carboxylic acids is 2. The number of benzene rings is 3. The second-order valence-corrected chi connectivity index (χ2v) is 5.56. The Morgan fingerprint density at radius 2 is 1.56 bits per heavy atom. The van der Waals surface area contributed by atoms with E-state index >= 15 is 0 Å². The van der Waals surface area contributed by atoms with Gasteiger partial charge in [0.25, 0.3) is 0 Å². The Labute approximate surface area is 155 Å². The standard InChI is InChI=1S/C10H9BO3.C9H8O4/c12-11(13)14-10-7-3-5-8-4-1-2-6-9(8)10;1-5-2-3-6(8(10)11)4-7(5)9(12)13/h1-7,12-13H;2-4H,1H3,(H,10,11)(H,12,13). The van der Waals surface area contributed by atoms with Gasteiger partial charge < -0.3 is 24.9 Å². The van der Waals surface area contributed by atoms with E-state index in [0.717, 1.165) is 16.8 Å². The highest BCUT2D eigenvalue weighted by Gasteiger charge is 2.12. The van der Waals surface area contributed by atoms with Crippen molar-refractivity contribution in [2.45, 2.75) is 6.92 Å². The minimum atomic E-state index is -1.78. The number of hydrogen-bond acceptors (Lipinski definition) is 5. The summed E-state index contributed by atoms with van der Waals surface area (Å²) in [5.41, 5.74) is 0.570. The maximum atomic E-state index is 10.6. The van der Waals surface area contributed by atoms with Crippen LogP contribution >= 0.6 is 0 Å². The van der Waals surface area contributed by atoms with E-state index in [1.165, 1.54) is 12.1 Å². The fourth-order valence-electron chi connectivity index (χ4n) is 2.40. The minimum absolute atomic E-state index is 0.0111. The highest BCUT2D eigenvalue weighted by Crippen LogP contribution is 2.25. The van der Waals surface area contributed by atoms with Gasteiger partial charge in [0, 0.05) is 5.39 Å². The van der Waals surface area contributed by atoms with Gasteiger partial charge in [-0.15, -0.1) is 0 Å². The largest absolute Gasteiger partial charge is 0.707 e. The Morgan fingerprint density at radius 3 is 2.19 bits per heavy atom. The monoisotopic (exact) mass is 368 g/mol. The molecule has 4 N–H and O–H groups in total. The number of aromatic carboxylic acids is 2. The lowest BCUT2D eigenvalue weighted by Crippen LogP contribution is -2.20. The predicted molar refractivity (Wildman–Crippen MR) is 99.9 cm³/mol. The third kappa shape index (κ3) is 5.31. The van der Waals surface area contributed by atoms with Gasteiger partial charge in [-0.25, -0.2) is 9.59 Å². The van der Waals surface area contributed by atoms with Crippen molar-refractivity contribution in [3.8, 4) is 5.75 Å². The molecule has 0 spiro atoms. The summed E-state index contributed by atoms with van der Waals surface area (Å²) in [4.78, 5) is 21.1. The molecule has 0 radical (unpaired) electrons. The lowest BCUT2D eigenvalue weighted by atomic mass is 10.1. The SMILES string of the molecule is Cc1ccc(C(=O)O)cc1C(=O)O.OB(O)Oc1cccc2ccccc12. The summed E-state index contributed by atoms with van der Waals surface area (Å²) in [6.07, 6.45) is 0. The fraction of sp³-hybridized carbons (Fsp3) is 0.0526. The molecule has 0 amide bonds. The van der Waals surface area contributed by atoms with Crippen LogP contribution in [-0.4, -0.2) is 39.5 Å². The maximum absolute atomic E-state index is 10.6. The molecule has 0 atom stereocenters. The molecule has 0 saturated carbocycles. The molecular weight excluding hydrogens is 351 g/mol. The summed E-state index contributed by atoms with van der Waals surface area (Å²) in [7, 11) is -1.78. The molecule has 0 fully saturated rings. The zero-order valence-electron chi connectivity index (χ0n) is 14.4. The molecule has 0 unspecified atom stereocenters. The van der Waals surface area contributed by atoms with Crippen molar-refractivity contribution in [2.75, 3.05) is 0 Å². The molecule has 3 rings (SSSR count). The summed E-state index contributed by atoms with van der Waals surface area (Å²) in [6, 6.07) is 17.0. The highest BCUT2D eigenvalue weighted by atomic mass is 16.6. The van der Waals surface area contributed by atoms with Crippen LogP contribution in [0.2, 0.25) is 0 Å². The lowest BCUT2D eigenvalue weighted by Gasteiger charge is -2.07. The predicted octanol–water partition coefficient (Wildman–Crippen LogP) is 2.58. The summed E-state index contributed by atoms with van der Waals surface area (Å²) in [5.74, 6) is -1.76. The molecule has 0 bridgehead atoms. The average molecular weight is 368 g/mol. The van der Waals surface area contributed by atoms with Gasteiger partial charge in [-0.2, -0.15) is 0 Å². The molecule has 138 valence electrons. The second kappa shape index (κ2) is 8.84. The topological polar surface area (TPSA) is 124 Å². The first-order valence-corrected chi connectivity index (χ1v) is 7.87. The molecule has 0 aliphatic heterocycles. The zero-order chi connectivity index (χ0) is 20.0. The molecule has 0 aromatic heterocycles. The van der Waals surface area contributed by atoms with Gasteiger partial charge >= 0.3 is 19.3 Å². The van der Waals surface area contributed by atoms with Gasteiger partial charge in [0.05, 0.1) is 11.1 Å². The van der Waals surface area contributed by atoms with E-state index in [1.54, 1.807) is 19.1 Å². The van der Waals surface area contributed by atoms with E-state index in [9.17, 15) is 9.59 Å². The van der Waals surface area contributed by atoms with Crippen molar-refractivity contribution >= 4 is 30.0 Å². The van der Waals surface area contributed by atoms with Crippen LogP contribution < -0.4 is 4.65 Å². The molecule has 8 heteroatoms. The molecule has 27 heavy (non-hydrogen) atoms. The second-order valence-electron chi connectivity index (χ2n) is 5.56. The van der Waals surface area contributed by atoms with E-state index < -0.39 is 19.3 Å². The van der Waals surface area contributed by atoms with Gasteiger partial charge in [-0.05, 0) is 36.1 Å². The Bertz CT molecular complexity index is 964. The summed E-state index contributed by atoms with van der Waals surface area (Å²) >= 11 is 0. The van der Waals surface area contributed by atoms with Crippen molar-refractivity contribution in [3.05, 3.63) is 77.4 Å². The molecule has 0 aliphatic carbocycles. The Balaban J connectivity index is 0.000000194. The summed E-state index contributed by atoms with van der Waals surface area (Å²) < 4.78 is 4.84. The Hall–Kier alpha value is -3.36. The van der Waals surface area contributed by atoms with E-state index in [0.29, 0.717) is 11.3 Å². The quantitative estimate of drug-likeness (QED) is 0.522. The zero-order valence-corrected chi connectivity index (χ0v) is 14.4. The van der Waals surface area contributed by atoms with Gasteiger partial charge in [-0.3, -0.25) is 0 Å². The first-order valence-electron chi connectivity index (χ1n) is 7.87. The Kier molecular flexibility index (Phi) is 6.54. The van der Waals surface area contributed by atoms with Gasteiger partial charge in [-0.1, -0.05) is 42.5 Å². The normalized spacial score (nSPS) is 9.89. The molecule has 3 aromatic rings. The highest BCUT2D eigenvalue weighted by molar-refractivity contribution is 6.34. The van der Waals surface area contributed by atoms with E-state index in [2.05, 4.69) is 0 Å². The summed E-state index contributed by atoms with van der Waals surface area (Å²) in [6.45, 7) is 1.62. The van der Waals surface area contributed by atoms with Crippen LogP contribution in [0.25, 0.3) is 10.8 Å². The van der Waals surface area contributed by atoms with E-state index in [4.69, 9.17) is 24.9 Å². The first-order chi connectivity index (χ1) is 12.8. The van der Waals surface area contributed by atoms with Crippen LogP contribution in [0.5, 0.6) is 5.75 Å². The number of aryl methyl sites for hydroxylation is 1. The number of carboxylic acid groups (broad SMARTS) is 2. The molecule has 3 aromatic carbocycles. The maximum Gasteiger partial charge on any atom is 0.707 e. The molecule has 0 saturated heterocycles. The lowest BCUT2D eigenvalue weighted by molar-refractivity contribution is 0.0695. The number of hydrogen-bond donors (Lipinski definition) is 4. The summed E-state index contributed by atoms with van der Waals surface area (Å²) in [5, 5.41) is 36.5. The molecule has 0 heterocycles. The first kappa shape index (κ1) is 20.0. The average Bonchev–Trinajstić information content (AvgIpc) is 2.62. The molecule has 0 aliphatic rings. The van der Waals surface area contributed by atoms with Crippen LogP contribution in [0.15, 0.2) is 60.7 Å². The van der Waals surface area contributed by atoms with Crippen LogP contribution in [-0.2, 0) is 0 Å². The van der Waals surface area contributed by atoms with Crippen molar-refractivity contribution in [3.63, 3.8) is 0 Å². The van der Waals surface area contributed by atoms with Crippen LogP contribution in [0.4, 0.5) is 0 Å². The fourth-order valence-corrected chi connectivity index (χ4v) is 2.40. The van der Waals surface area contributed by atoms with Crippen LogP contribution in [0.1, 0.15) is 26.3 Å². The van der Waals surface area contributed by atoms with Gasteiger partial charge in [0.2, 0.25) is 0 Å². The molecular formula is C19H17BO7. The van der Waals surface area contributed by atoms with Crippen LogP contribution in [0.3, 0.4) is 0 Å². The van der Waals surface area contributed by atoms with Crippen molar-refractivity contribution in [2.24, 2.45) is 0 Å². The van der Waals surface area contributed by atoms with Crippen molar-refractivity contribution in [1.29, 1.82) is 0 Å². The number of rotatable bonds is 4. The third-order valence-corrected chi connectivity index (χ3v) is 3.70. The van der Waals surface area contributed by atoms with Crippen LogP contribution in [0, 0.1) is 6.92 Å². The van der Waals surface area contributed by atoms with Crippen molar-refractivity contribution < 1.29 is 34.5 Å². The van der Waals surface area contributed by atoms with E-state index in [-0.39, 0.29) is 11.1 Å². The van der Waals surface area contributed by atoms with Gasteiger partial charge in [0.15, 0.2) is 0 Å². The third-order valence-electron chi connectivity index (χ3n) is 3.70. The smallest absolute Gasteiger partial charge is 0.512 e. The number of fused-ring (bicyclic) bond motifs is 1. The van der Waals surface area contributed by atoms with Gasteiger partial charge in [0.1, 0.15) is 5.75 Å². The van der Waals surface area contributed by atoms with E-state index in [1.807, 2.05) is 30.3 Å². The molecule has 7 nitrogen and oxygen atoms in total. The van der Waals surface area contributed by atoms with Crippen molar-refractivity contribution in [1.82, 2.24) is 0 Å². The Morgan fingerprint density at radius 1 is 0.889 bits per heavy atom.